The van der Waals surface area contributed by atoms with Crippen molar-refractivity contribution in [1.29, 1.82) is 0 Å². The predicted molar refractivity (Wildman–Crippen MR) is 102 cm³/mol. The summed E-state index contributed by atoms with van der Waals surface area (Å²) < 4.78 is 0. The summed E-state index contributed by atoms with van der Waals surface area (Å²) >= 11 is 1.42. The number of carbonyl (C=O) groups is 3. The van der Waals surface area contributed by atoms with Gasteiger partial charge in [0, 0.05) is 31.4 Å². The van der Waals surface area contributed by atoms with E-state index in [4.69, 9.17) is 0 Å². The number of thiophene rings is 1. The lowest BCUT2D eigenvalue weighted by Crippen LogP contribution is -2.43. The third kappa shape index (κ3) is 4.49. The Morgan fingerprint density at radius 2 is 1.77 bits per heavy atom. The number of nitrogens with zero attached hydrogens (tertiary/aromatic N) is 1. The normalized spacial score (nSPS) is 16.8. The predicted octanol–water partition coefficient (Wildman–Crippen LogP) is 3.20. The monoisotopic (exact) mass is 371 g/mol. The van der Waals surface area contributed by atoms with Gasteiger partial charge in [0.25, 0.3) is 5.91 Å². The van der Waals surface area contributed by atoms with Crippen molar-refractivity contribution in [3.05, 3.63) is 46.7 Å². The van der Waals surface area contributed by atoms with Gasteiger partial charge >= 0.3 is 0 Å². The van der Waals surface area contributed by atoms with E-state index in [1.165, 1.54) is 18.3 Å². The van der Waals surface area contributed by atoms with E-state index >= 15 is 0 Å². The summed E-state index contributed by atoms with van der Waals surface area (Å²) in [4.78, 5) is 38.6. The molecular formula is C19H21N3O3S. The van der Waals surface area contributed by atoms with Crippen LogP contribution in [0.25, 0.3) is 0 Å². The Morgan fingerprint density at radius 3 is 2.38 bits per heavy atom. The van der Waals surface area contributed by atoms with Crippen LogP contribution in [0.1, 0.15) is 29.4 Å². The van der Waals surface area contributed by atoms with Crippen LogP contribution in [0.2, 0.25) is 0 Å². The van der Waals surface area contributed by atoms with Gasteiger partial charge in [-0.15, -0.1) is 11.3 Å². The average molecular weight is 371 g/mol. The van der Waals surface area contributed by atoms with E-state index in [0.29, 0.717) is 29.3 Å². The summed E-state index contributed by atoms with van der Waals surface area (Å²) in [7, 11) is 0. The third-order valence-corrected chi connectivity index (χ3v) is 5.14. The second-order valence-corrected chi connectivity index (χ2v) is 7.26. The van der Waals surface area contributed by atoms with Gasteiger partial charge in [-0.1, -0.05) is 6.07 Å². The largest absolute Gasteiger partial charge is 0.337 e. The molecule has 0 radical (unpaired) electrons. The molecule has 2 aromatic rings. The summed E-state index contributed by atoms with van der Waals surface area (Å²) in [6, 6.07) is 10.7. The summed E-state index contributed by atoms with van der Waals surface area (Å²) in [6.07, 6.45) is 1.58. The molecule has 26 heavy (non-hydrogen) atoms. The Hall–Kier alpha value is -2.67. The quantitative estimate of drug-likeness (QED) is 0.866. The van der Waals surface area contributed by atoms with Crippen molar-refractivity contribution < 1.29 is 14.4 Å². The fourth-order valence-electron chi connectivity index (χ4n) is 3.02. The Kier molecular flexibility index (Phi) is 5.68. The molecule has 1 fully saturated rings. The molecule has 2 heterocycles. The first-order valence-corrected chi connectivity index (χ1v) is 9.42. The van der Waals surface area contributed by atoms with Crippen molar-refractivity contribution in [1.82, 2.24) is 4.90 Å². The number of benzene rings is 1. The van der Waals surface area contributed by atoms with Crippen LogP contribution in [0, 0.1) is 5.92 Å². The molecule has 1 atom stereocenters. The molecule has 3 amide bonds. The number of piperidine rings is 1. The average Bonchev–Trinajstić information content (AvgIpc) is 3.17. The number of anilines is 2. The molecule has 6 nitrogen and oxygen atoms in total. The van der Waals surface area contributed by atoms with Gasteiger partial charge in [0.1, 0.15) is 0 Å². The maximum absolute atomic E-state index is 12.6. The van der Waals surface area contributed by atoms with Crippen LogP contribution in [0.3, 0.4) is 0 Å². The Bertz CT molecular complexity index is 787. The zero-order chi connectivity index (χ0) is 18.5. The molecule has 136 valence electrons. The summed E-state index contributed by atoms with van der Waals surface area (Å²) in [6.45, 7) is 2.57. The van der Waals surface area contributed by atoms with Crippen molar-refractivity contribution in [3.8, 4) is 0 Å². The number of amides is 3. The van der Waals surface area contributed by atoms with Crippen LogP contribution >= 0.6 is 11.3 Å². The van der Waals surface area contributed by atoms with Crippen molar-refractivity contribution in [2.24, 2.45) is 5.92 Å². The molecule has 0 aliphatic carbocycles. The van der Waals surface area contributed by atoms with E-state index in [0.717, 1.165) is 12.8 Å². The molecule has 1 unspecified atom stereocenters. The zero-order valence-electron chi connectivity index (χ0n) is 14.5. The second-order valence-electron chi connectivity index (χ2n) is 6.32. The van der Waals surface area contributed by atoms with Gasteiger partial charge in [-0.25, -0.2) is 0 Å². The van der Waals surface area contributed by atoms with Gasteiger partial charge in [0.15, 0.2) is 0 Å². The van der Waals surface area contributed by atoms with E-state index in [9.17, 15) is 14.4 Å². The Labute approximate surface area is 156 Å². The van der Waals surface area contributed by atoms with Crippen molar-refractivity contribution in [2.45, 2.75) is 19.8 Å². The highest BCUT2D eigenvalue weighted by molar-refractivity contribution is 7.12. The fraction of sp³-hybridized carbons (Fsp3) is 0.316. The molecule has 1 aromatic heterocycles. The number of likely N-dealkylation sites (tertiary alicyclic amines) is 1. The topological polar surface area (TPSA) is 78.5 Å². The van der Waals surface area contributed by atoms with Gasteiger partial charge < -0.3 is 15.5 Å². The number of hydrogen-bond donors (Lipinski definition) is 2. The lowest BCUT2D eigenvalue weighted by Gasteiger charge is -2.31. The van der Waals surface area contributed by atoms with Crippen LogP contribution in [0.4, 0.5) is 11.4 Å². The second kappa shape index (κ2) is 8.14. The van der Waals surface area contributed by atoms with Crippen LogP contribution in [0.15, 0.2) is 41.8 Å². The van der Waals surface area contributed by atoms with Crippen molar-refractivity contribution >= 4 is 40.4 Å². The molecule has 2 N–H and O–H groups in total. The van der Waals surface area contributed by atoms with E-state index in [2.05, 4.69) is 10.6 Å². The van der Waals surface area contributed by atoms with E-state index in [1.54, 1.807) is 29.2 Å². The summed E-state index contributed by atoms with van der Waals surface area (Å²) in [5.41, 5.74) is 1.35. The minimum absolute atomic E-state index is 0.00263. The first-order valence-electron chi connectivity index (χ1n) is 8.54. The molecule has 7 heteroatoms. The molecule has 0 spiro atoms. The molecular weight excluding hydrogens is 350 g/mol. The van der Waals surface area contributed by atoms with E-state index < -0.39 is 0 Å². The van der Waals surface area contributed by atoms with Crippen LogP contribution in [0.5, 0.6) is 0 Å². The number of rotatable bonds is 4. The Morgan fingerprint density at radius 1 is 1.08 bits per heavy atom. The highest BCUT2D eigenvalue weighted by Gasteiger charge is 2.29. The van der Waals surface area contributed by atoms with Crippen LogP contribution < -0.4 is 10.6 Å². The van der Waals surface area contributed by atoms with Gasteiger partial charge in [-0.3, -0.25) is 14.4 Å². The van der Waals surface area contributed by atoms with Crippen LogP contribution in [-0.4, -0.2) is 35.7 Å². The minimum Gasteiger partial charge on any atom is -0.337 e. The van der Waals surface area contributed by atoms with Crippen molar-refractivity contribution in [3.63, 3.8) is 0 Å². The minimum atomic E-state index is -0.220. The fourth-order valence-corrected chi connectivity index (χ4v) is 3.71. The van der Waals surface area contributed by atoms with E-state index in [-0.39, 0.29) is 23.6 Å². The molecule has 1 aliphatic heterocycles. The molecule has 0 bridgehead atoms. The standard InChI is InChI=1S/C19H21N3O3S/c1-13(23)20-15-6-8-16(9-7-15)21-18(24)14-4-2-10-22(12-14)19(25)17-5-3-11-26-17/h3,5-9,11,14H,2,4,10,12H2,1H3,(H,20,23)(H,21,24). The lowest BCUT2D eigenvalue weighted by atomic mass is 9.97. The van der Waals surface area contributed by atoms with Crippen molar-refractivity contribution in [2.75, 3.05) is 23.7 Å². The van der Waals surface area contributed by atoms with Gasteiger partial charge in [0.2, 0.25) is 11.8 Å². The lowest BCUT2D eigenvalue weighted by molar-refractivity contribution is -0.121. The maximum Gasteiger partial charge on any atom is 0.263 e. The SMILES string of the molecule is CC(=O)Nc1ccc(NC(=O)C2CCCN(C(=O)c3cccs3)C2)cc1. The molecule has 1 aromatic carbocycles. The number of hydrogen-bond acceptors (Lipinski definition) is 4. The molecule has 0 saturated carbocycles. The van der Waals surface area contributed by atoms with Gasteiger partial charge in [-0.05, 0) is 48.6 Å². The summed E-state index contributed by atoms with van der Waals surface area (Å²) in [5, 5.41) is 7.47. The first kappa shape index (κ1) is 18.1. The first-order chi connectivity index (χ1) is 12.5. The van der Waals surface area contributed by atoms with Crippen LogP contribution in [-0.2, 0) is 9.59 Å². The van der Waals surface area contributed by atoms with Gasteiger partial charge in [-0.2, -0.15) is 0 Å². The highest BCUT2D eigenvalue weighted by Crippen LogP contribution is 2.22. The molecule has 3 rings (SSSR count). The molecule has 1 saturated heterocycles. The van der Waals surface area contributed by atoms with E-state index in [1.807, 2.05) is 17.5 Å². The zero-order valence-corrected chi connectivity index (χ0v) is 15.3. The highest BCUT2D eigenvalue weighted by atomic mass is 32.1. The molecule has 1 aliphatic rings. The summed E-state index contributed by atoms with van der Waals surface area (Å²) in [5.74, 6) is -0.444. The smallest absolute Gasteiger partial charge is 0.263 e. The number of nitrogens with one attached hydrogen (secondary N) is 2. The third-order valence-electron chi connectivity index (χ3n) is 4.28. The number of carbonyl (C=O) groups excluding carboxylic acids is 3. The van der Waals surface area contributed by atoms with Gasteiger partial charge in [0.05, 0.1) is 10.8 Å². The Balaban J connectivity index is 1.59. The maximum atomic E-state index is 12.6.